The standard InChI is InChI=1S/C8H14O/c1-7(2)6-8(3)4-5-9/h9H,4-5H2,1-3H3. The van der Waals surface area contributed by atoms with Gasteiger partial charge in [-0.15, -0.1) is 5.73 Å². The van der Waals surface area contributed by atoms with Crippen molar-refractivity contribution >= 4 is 0 Å². The summed E-state index contributed by atoms with van der Waals surface area (Å²) < 4.78 is 0. The Hall–Kier alpha value is -0.520. The highest BCUT2D eigenvalue weighted by Crippen LogP contribution is 1.97. The second-order valence-electron chi connectivity index (χ2n) is 2.38. The molecule has 0 unspecified atom stereocenters. The Morgan fingerprint density at radius 2 is 1.89 bits per heavy atom. The zero-order valence-electron chi connectivity index (χ0n) is 6.36. The summed E-state index contributed by atoms with van der Waals surface area (Å²) in [5.74, 6) is 0. The minimum atomic E-state index is 0.228. The van der Waals surface area contributed by atoms with Gasteiger partial charge in [-0.25, -0.2) is 0 Å². The first-order chi connectivity index (χ1) is 4.16. The fraction of sp³-hybridized carbons (Fsp3) is 0.625. The molecule has 52 valence electrons. The molecule has 0 radical (unpaired) electrons. The molecule has 1 nitrogen and oxygen atoms in total. The van der Waals surface area contributed by atoms with Crippen molar-refractivity contribution < 1.29 is 5.11 Å². The SMILES string of the molecule is CC(C)=C=C(C)CCO. The average Bonchev–Trinajstić information content (AvgIpc) is 1.63. The Kier molecular flexibility index (Phi) is 4.12. The van der Waals surface area contributed by atoms with Crippen LogP contribution in [0.2, 0.25) is 0 Å². The van der Waals surface area contributed by atoms with Gasteiger partial charge in [0.2, 0.25) is 0 Å². The van der Waals surface area contributed by atoms with Crippen molar-refractivity contribution in [3.63, 3.8) is 0 Å². The van der Waals surface area contributed by atoms with Gasteiger partial charge < -0.3 is 5.11 Å². The van der Waals surface area contributed by atoms with Crippen molar-refractivity contribution in [1.82, 2.24) is 0 Å². The van der Waals surface area contributed by atoms with Crippen LogP contribution >= 0.6 is 0 Å². The third-order valence-corrected chi connectivity index (χ3v) is 0.950. The van der Waals surface area contributed by atoms with Crippen molar-refractivity contribution in [2.45, 2.75) is 27.2 Å². The number of rotatable bonds is 2. The van der Waals surface area contributed by atoms with E-state index in [4.69, 9.17) is 5.11 Å². The molecule has 0 fully saturated rings. The molecule has 0 saturated carbocycles. The second kappa shape index (κ2) is 4.37. The fourth-order valence-corrected chi connectivity index (χ4v) is 0.657. The largest absolute Gasteiger partial charge is 0.396 e. The van der Waals surface area contributed by atoms with Gasteiger partial charge in [0.15, 0.2) is 0 Å². The Morgan fingerprint density at radius 3 is 2.22 bits per heavy atom. The average molecular weight is 126 g/mol. The third kappa shape index (κ3) is 5.35. The van der Waals surface area contributed by atoms with Crippen molar-refractivity contribution in [1.29, 1.82) is 0 Å². The third-order valence-electron chi connectivity index (χ3n) is 0.950. The highest BCUT2D eigenvalue weighted by Gasteiger charge is 1.83. The van der Waals surface area contributed by atoms with Crippen LogP contribution in [-0.4, -0.2) is 11.7 Å². The first-order valence-corrected chi connectivity index (χ1v) is 3.17. The first-order valence-electron chi connectivity index (χ1n) is 3.17. The van der Waals surface area contributed by atoms with Gasteiger partial charge in [-0.2, -0.15) is 0 Å². The topological polar surface area (TPSA) is 20.2 Å². The van der Waals surface area contributed by atoms with Gasteiger partial charge in [-0.1, -0.05) is 0 Å². The summed E-state index contributed by atoms with van der Waals surface area (Å²) >= 11 is 0. The van der Waals surface area contributed by atoms with Crippen LogP contribution in [0.5, 0.6) is 0 Å². The molecule has 1 heteroatoms. The Labute approximate surface area is 56.7 Å². The lowest BCUT2D eigenvalue weighted by Crippen LogP contribution is -1.81. The van der Waals surface area contributed by atoms with Gasteiger partial charge in [0.05, 0.1) is 0 Å². The molecule has 0 amide bonds. The van der Waals surface area contributed by atoms with Crippen molar-refractivity contribution in [2.75, 3.05) is 6.61 Å². The summed E-state index contributed by atoms with van der Waals surface area (Å²) in [6.07, 6.45) is 0.741. The van der Waals surface area contributed by atoms with Gasteiger partial charge >= 0.3 is 0 Å². The molecule has 0 heterocycles. The maximum Gasteiger partial charge on any atom is 0.0474 e. The molecule has 0 saturated heterocycles. The predicted octanol–water partition coefficient (Wildman–Crippen LogP) is 1.88. The molecule has 0 aliphatic rings. The Morgan fingerprint density at radius 1 is 1.33 bits per heavy atom. The summed E-state index contributed by atoms with van der Waals surface area (Å²) in [7, 11) is 0. The lowest BCUT2D eigenvalue weighted by Gasteiger charge is -1.90. The summed E-state index contributed by atoms with van der Waals surface area (Å²) in [6, 6.07) is 0. The van der Waals surface area contributed by atoms with E-state index in [0.717, 1.165) is 12.0 Å². The number of hydrogen-bond acceptors (Lipinski definition) is 1. The van der Waals surface area contributed by atoms with Gasteiger partial charge in [0, 0.05) is 6.61 Å². The van der Waals surface area contributed by atoms with Crippen LogP contribution < -0.4 is 0 Å². The monoisotopic (exact) mass is 126 g/mol. The highest BCUT2D eigenvalue weighted by atomic mass is 16.2. The van der Waals surface area contributed by atoms with Crippen molar-refractivity contribution in [2.24, 2.45) is 0 Å². The van der Waals surface area contributed by atoms with E-state index in [1.807, 2.05) is 20.8 Å². The quantitative estimate of drug-likeness (QED) is 0.560. The molecule has 0 rings (SSSR count). The fourth-order valence-electron chi connectivity index (χ4n) is 0.657. The minimum Gasteiger partial charge on any atom is -0.396 e. The van der Waals surface area contributed by atoms with E-state index in [0.29, 0.717) is 0 Å². The van der Waals surface area contributed by atoms with Gasteiger partial charge in [-0.3, -0.25) is 0 Å². The van der Waals surface area contributed by atoms with Crippen LogP contribution in [0.25, 0.3) is 0 Å². The predicted molar refractivity (Wildman–Crippen MR) is 39.3 cm³/mol. The zero-order valence-corrected chi connectivity index (χ0v) is 6.36. The van der Waals surface area contributed by atoms with E-state index < -0.39 is 0 Å². The van der Waals surface area contributed by atoms with E-state index in [1.165, 1.54) is 5.57 Å². The first kappa shape index (κ1) is 8.48. The van der Waals surface area contributed by atoms with Crippen LogP contribution in [0, 0.1) is 0 Å². The Bertz CT molecular complexity index is 135. The normalized spacial score (nSPS) is 8.44. The molecule has 0 aliphatic heterocycles. The van der Waals surface area contributed by atoms with Crippen LogP contribution in [0.15, 0.2) is 16.9 Å². The van der Waals surface area contributed by atoms with Gasteiger partial charge in [-0.05, 0) is 38.3 Å². The van der Waals surface area contributed by atoms with Crippen molar-refractivity contribution in [3.05, 3.63) is 16.9 Å². The molecule has 0 aromatic carbocycles. The molecule has 0 bridgehead atoms. The highest BCUT2D eigenvalue weighted by molar-refractivity contribution is 5.03. The zero-order chi connectivity index (χ0) is 7.28. The maximum atomic E-state index is 8.48. The number of aliphatic hydroxyl groups is 1. The summed E-state index contributed by atoms with van der Waals surface area (Å²) in [5, 5.41) is 8.48. The maximum absolute atomic E-state index is 8.48. The molecule has 0 aliphatic carbocycles. The molecular formula is C8H14O. The number of aliphatic hydroxyl groups excluding tert-OH is 1. The van der Waals surface area contributed by atoms with Crippen molar-refractivity contribution in [3.8, 4) is 0 Å². The van der Waals surface area contributed by atoms with Gasteiger partial charge in [0.25, 0.3) is 0 Å². The lowest BCUT2D eigenvalue weighted by molar-refractivity contribution is 0.299. The number of hydrogen-bond donors (Lipinski definition) is 1. The Balaban J connectivity index is 3.99. The molecule has 0 aromatic rings. The van der Waals surface area contributed by atoms with Crippen LogP contribution in [0.4, 0.5) is 0 Å². The second-order valence-corrected chi connectivity index (χ2v) is 2.38. The van der Waals surface area contributed by atoms with E-state index >= 15 is 0 Å². The summed E-state index contributed by atoms with van der Waals surface area (Å²) in [5.41, 5.74) is 5.41. The van der Waals surface area contributed by atoms with E-state index in [9.17, 15) is 0 Å². The smallest absolute Gasteiger partial charge is 0.0474 e. The molecule has 0 atom stereocenters. The molecule has 9 heavy (non-hydrogen) atoms. The summed E-state index contributed by atoms with van der Waals surface area (Å²) in [6.45, 7) is 6.21. The molecule has 1 N–H and O–H groups in total. The lowest BCUT2D eigenvalue weighted by atomic mass is 10.2. The molecular weight excluding hydrogens is 112 g/mol. The van der Waals surface area contributed by atoms with E-state index in [-0.39, 0.29) is 6.61 Å². The molecule has 0 spiro atoms. The van der Waals surface area contributed by atoms with E-state index in [2.05, 4.69) is 5.73 Å². The molecule has 0 aromatic heterocycles. The van der Waals surface area contributed by atoms with Gasteiger partial charge in [0.1, 0.15) is 0 Å². The van der Waals surface area contributed by atoms with E-state index in [1.54, 1.807) is 0 Å². The van der Waals surface area contributed by atoms with Crippen LogP contribution in [0.3, 0.4) is 0 Å². The van der Waals surface area contributed by atoms with Crippen LogP contribution in [0.1, 0.15) is 27.2 Å². The summed E-state index contributed by atoms with van der Waals surface area (Å²) in [4.78, 5) is 0. The minimum absolute atomic E-state index is 0.228. The van der Waals surface area contributed by atoms with Crippen LogP contribution in [-0.2, 0) is 0 Å².